The summed E-state index contributed by atoms with van der Waals surface area (Å²) in [5.41, 5.74) is 10.8. The lowest BCUT2D eigenvalue weighted by molar-refractivity contribution is 1.31. The molecule has 0 radical (unpaired) electrons. The van der Waals surface area contributed by atoms with Crippen LogP contribution < -0.4 is 4.90 Å². The second-order valence-corrected chi connectivity index (χ2v) is 17.4. The maximum Gasteiger partial charge on any atom is 0.0555 e. The fourth-order valence-corrected chi connectivity index (χ4v) is 11.4. The lowest BCUT2D eigenvalue weighted by atomic mass is 9.97. The first-order valence-corrected chi connectivity index (χ1v) is 21.7. The molecule has 0 saturated heterocycles. The summed E-state index contributed by atoms with van der Waals surface area (Å²) in [6.07, 6.45) is 0. The first kappa shape index (κ1) is 34.0. The van der Waals surface area contributed by atoms with Gasteiger partial charge in [0.05, 0.1) is 5.69 Å². The molecular formula is C56H35NS2. The van der Waals surface area contributed by atoms with Crippen LogP contribution in [0.1, 0.15) is 0 Å². The fourth-order valence-electron chi connectivity index (χ4n) is 8.97. The van der Waals surface area contributed by atoms with Crippen LogP contribution >= 0.6 is 22.7 Å². The van der Waals surface area contributed by atoms with Crippen LogP contribution in [0.25, 0.3) is 95.3 Å². The van der Waals surface area contributed by atoms with Gasteiger partial charge in [-0.05, 0) is 103 Å². The summed E-state index contributed by atoms with van der Waals surface area (Å²) in [5.74, 6) is 0. The Balaban J connectivity index is 1.05. The highest BCUT2D eigenvalue weighted by molar-refractivity contribution is 7.26. The van der Waals surface area contributed by atoms with Crippen LogP contribution in [0.5, 0.6) is 0 Å². The molecule has 0 bridgehead atoms. The van der Waals surface area contributed by atoms with E-state index in [0.29, 0.717) is 0 Å². The largest absolute Gasteiger partial charge is 0.310 e. The van der Waals surface area contributed by atoms with Crippen molar-refractivity contribution in [1.82, 2.24) is 0 Å². The van der Waals surface area contributed by atoms with Gasteiger partial charge in [-0.3, -0.25) is 0 Å². The zero-order valence-corrected chi connectivity index (χ0v) is 33.6. The Kier molecular flexibility index (Phi) is 7.97. The minimum Gasteiger partial charge on any atom is -0.310 e. The van der Waals surface area contributed by atoms with Crippen molar-refractivity contribution in [2.24, 2.45) is 0 Å². The number of rotatable bonds is 6. The van der Waals surface area contributed by atoms with Gasteiger partial charge in [0, 0.05) is 51.7 Å². The highest BCUT2D eigenvalue weighted by Gasteiger charge is 2.22. The van der Waals surface area contributed by atoms with E-state index in [9.17, 15) is 0 Å². The van der Waals surface area contributed by atoms with Gasteiger partial charge in [-0.15, -0.1) is 22.7 Å². The molecule has 0 N–H and O–H groups in total. The zero-order valence-electron chi connectivity index (χ0n) is 32.0. The van der Waals surface area contributed by atoms with Crippen molar-refractivity contribution < 1.29 is 0 Å². The van der Waals surface area contributed by atoms with E-state index in [2.05, 4.69) is 217 Å². The third-order valence-corrected chi connectivity index (χ3v) is 14.2. The molecule has 10 aromatic carbocycles. The number of thiophene rings is 2. The van der Waals surface area contributed by atoms with Crippen molar-refractivity contribution >= 4 is 102 Å². The predicted molar refractivity (Wildman–Crippen MR) is 258 cm³/mol. The second-order valence-electron chi connectivity index (χ2n) is 15.3. The van der Waals surface area contributed by atoms with Crippen molar-refractivity contribution in [3.05, 3.63) is 212 Å². The van der Waals surface area contributed by atoms with Crippen LogP contribution in [-0.4, -0.2) is 0 Å². The van der Waals surface area contributed by atoms with E-state index < -0.39 is 0 Å². The standard InChI is InChI=1S/C56H35NS2/c1-3-11-36(12-4-1)42-25-29-47-48-30-28-44(35-54(48)58-53(47)34-42)57(51-32-31-46(38-13-5-2-6-14-38)56-55(51)49-17-9-10-18-52(49)59-56)43-26-23-37(24-27-43)41-22-21-40-20-19-39-15-7-8-16-45(39)50(40)33-41/h1-35H. The molecule has 0 unspecified atom stereocenters. The third-order valence-electron chi connectivity index (χ3n) is 11.9. The van der Waals surface area contributed by atoms with Gasteiger partial charge in [-0.25, -0.2) is 0 Å². The molecule has 12 rings (SSSR count). The van der Waals surface area contributed by atoms with Crippen LogP contribution in [0.4, 0.5) is 17.1 Å². The molecule has 0 amide bonds. The van der Waals surface area contributed by atoms with Crippen LogP contribution in [0.3, 0.4) is 0 Å². The fraction of sp³-hybridized carbons (Fsp3) is 0. The Morgan fingerprint density at radius 2 is 0.881 bits per heavy atom. The molecule has 12 aromatic rings. The maximum absolute atomic E-state index is 2.48. The van der Waals surface area contributed by atoms with Gasteiger partial charge in [0.1, 0.15) is 0 Å². The normalized spacial score (nSPS) is 11.7. The molecule has 0 aliphatic rings. The highest BCUT2D eigenvalue weighted by atomic mass is 32.1. The Labute approximate surface area is 350 Å². The molecule has 59 heavy (non-hydrogen) atoms. The smallest absolute Gasteiger partial charge is 0.0555 e. The molecule has 0 aliphatic carbocycles. The Bertz CT molecular complexity index is 3540. The van der Waals surface area contributed by atoms with Gasteiger partial charge >= 0.3 is 0 Å². The molecule has 3 heteroatoms. The molecule has 0 saturated carbocycles. The molecule has 276 valence electrons. The van der Waals surface area contributed by atoms with Crippen LogP contribution in [0, 0.1) is 0 Å². The number of fused-ring (bicyclic) bond motifs is 9. The summed E-state index contributed by atoms with van der Waals surface area (Å²) >= 11 is 3.76. The molecule has 0 spiro atoms. The predicted octanol–water partition coefficient (Wildman–Crippen LogP) is 17.2. The number of anilines is 3. The van der Waals surface area contributed by atoms with Crippen molar-refractivity contribution in [2.75, 3.05) is 4.90 Å². The third kappa shape index (κ3) is 5.73. The lowest BCUT2D eigenvalue weighted by Gasteiger charge is -2.27. The van der Waals surface area contributed by atoms with E-state index in [1.165, 1.54) is 101 Å². The van der Waals surface area contributed by atoms with E-state index in [1.807, 2.05) is 22.7 Å². The molecule has 0 aliphatic heterocycles. The summed E-state index contributed by atoms with van der Waals surface area (Å²) in [7, 11) is 0. The average molecular weight is 786 g/mol. The first-order chi connectivity index (χ1) is 29.2. The van der Waals surface area contributed by atoms with Crippen LogP contribution in [0.2, 0.25) is 0 Å². The number of nitrogens with zero attached hydrogens (tertiary/aromatic N) is 1. The summed E-state index contributed by atoms with van der Waals surface area (Å²) < 4.78 is 5.17. The van der Waals surface area contributed by atoms with E-state index in [4.69, 9.17) is 0 Å². The van der Waals surface area contributed by atoms with Gasteiger partial charge in [-0.2, -0.15) is 0 Å². The van der Waals surface area contributed by atoms with E-state index in [0.717, 1.165) is 11.4 Å². The van der Waals surface area contributed by atoms with Gasteiger partial charge in [0.25, 0.3) is 0 Å². The van der Waals surface area contributed by atoms with Crippen molar-refractivity contribution in [3.63, 3.8) is 0 Å². The molecule has 2 aromatic heterocycles. The van der Waals surface area contributed by atoms with Gasteiger partial charge < -0.3 is 4.90 Å². The van der Waals surface area contributed by atoms with E-state index >= 15 is 0 Å². The topological polar surface area (TPSA) is 3.24 Å². The Morgan fingerprint density at radius 3 is 1.69 bits per heavy atom. The molecule has 1 nitrogen and oxygen atoms in total. The van der Waals surface area contributed by atoms with E-state index in [-0.39, 0.29) is 0 Å². The summed E-state index contributed by atoms with van der Waals surface area (Å²) in [6.45, 7) is 0. The minimum absolute atomic E-state index is 1.12. The van der Waals surface area contributed by atoms with Gasteiger partial charge in [0.2, 0.25) is 0 Å². The maximum atomic E-state index is 2.48. The van der Waals surface area contributed by atoms with E-state index in [1.54, 1.807) is 0 Å². The quantitative estimate of drug-likeness (QED) is 0.152. The number of hydrogen-bond donors (Lipinski definition) is 0. The highest BCUT2D eigenvalue weighted by Crippen LogP contribution is 2.49. The number of benzene rings is 10. The average Bonchev–Trinajstić information content (AvgIpc) is 3.88. The SMILES string of the molecule is c1ccc(-c2ccc3c(c2)sc2cc(N(c4ccc(-c5ccc6ccc7ccccc7c6c5)cc4)c4ccc(-c5ccccc5)c5sc6ccccc6c45)ccc23)cc1. The van der Waals surface area contributed by atoms with Crippen LogP contribution in [0.15, 0.2) is 212 Å². The summed E-state index contributed by atoms with van der Waals surface area (Å²) in [4.78, 5) is 2.48. The van der Waals surface area contributed by atoms with Crippen molar-refractivity contribution in [1.29, 1.82) is 0 Å². The first-order valence-electron chi connectivity index (χ1n) is 20.1. The molecule has 0 atom stereocenters. The summed E-state index contributed by atoms with van der Waals surface area (Å²) in [5, 5.41) is 10.2. The summed E-state index contributed by atoms with van der Waals surface area (Å²) in [6, 6.07) is 78.2. The molecule has 2 heterocycles. The molecular weight excluding hydrogens is 751 g/mol. The Morgan fingerprint density at radius 1 is 0.305 bits per heavy atom. The molecule has 0 fully saturated rings. The van der Waals surface area contributed by atoms with Crippen molar-refractivity contribution in [2.45, 2.75) is 0 Å². The zero-order chi connectivity index (χ0) is 38.9. The second kappa shape index (κ2) is 13.8. The van der Waals surface area contributed by atoms with Gasteiger partial charge in [-0.1, -0.05) is 164 Å². The number of hydrogen-bond acceptors (Lipinski definition) is 3. The van der Waals surface area contributed by atoms with Crippen molar-refractivity contribution in [3.8, 4) is 33.4 Å². The Hall–Kier alpha value is -7.04. The van der Waals surface area contributed by atoms with Gasteiger partial charge in [0.15, 0.2) is 0 Å². The van der Waals surface area contributed by atoms with Crippen LogP contribution in [-0.2, 0) is 0 Å². The lowest BCUT2D eigenvalue weighted by Crippen LogP contribution is -2.10. The minimum atomic E-state index is 1.12. The monoisotopic (exact) mass is 785 g/mol.